The van der Waals surface area contributed by atoms with Crippen LogP contribution < -0.4 is 5.32 Å². The number of hydrogen-bond donors (Lipinski definition) is 2. The number of nitrogens with one attached hydrogen (secondary N) is 1. The normalized spacial score (nSPS) is 27.8. The molecule has 2 aromatic carbocycles. The van der Waals surface area contributed by atoms with Crippen molar-refractivity contribution in [3.63, 3.8) is 0 Å². The highest BCUT2D eigenvalue weighted by Crippen LogP contribution is 2.45. The number of rotatable bonds is 4. The van der Waals surface area contributed by atoms with Crippen LogP contribution in [0.15, 0.2) is 48.5 Å². The van der Waals surface area contributed by atoms with E-state index in [4.69, 9.17) is 4.74 Å². The quantitative estimate of drug-likeness (QED) is 0.731. The van der Waals surface area contributed by atoms with Crippen molar-refractivity contribution in [3.8, 4) is 11.1 Å². The maximum Gasteiger partial charge on any atom is 0.408 e. The van der Waals surface area contributed by atoms with Crippen molar-refractivity contribution >= 4 is 21.9 Å². The molecule has 1 aliphatic carbocycles. The summed E-state index contributed by atoms with van der Waals surface area (Å²) in [7, 11) is -3.35. The lowest BCUT2D eigenvalue weighted by Crippen LogP contribution is -2.63. The molecule has 7 nitrogen and oxygen atoms in total. The molecule has 2 bridgehead atoms. The number of amides is 1. The molecule has 5 rings (SSSR count). The Labute approximate surface area is 186 Å². The summed E-state index contributed by atoms with van der Waals surface area (Å²) in [4.78, 5) is 24.9. The Morgan fingerprint density at radius 1 is 0.969 bits per heavy atom. The molecular weight excluding hydrogens is 430 g/mol. The summed E-state index contributed by atoms with van der Waals surface area (Å²) >= 11 is 0. The topological polar surface area (TPSA) is 110 Å². The van der Waals surface area contributed by atoms with E-state index in [0.717, 1.165) is 28.7 Å². The Morgan fingerprint density at radius 3 is 2.03 bits per heavy atom. The zero-order valence-electron chi connectivity index (χ0n) is 17.5. The van der Waals surface area contributed by atoms with E-state index in [1.807, 2.05) is 48.5 Å². The third-order valence-corrected chi connectivity index (χ3v) is 9.89. The van der Waals surface area contributed by atoms with Gasteiger partial charge in [0.15, 0.2) is 9.84 Å². The summed E-state index contributed by atoms with van der Waals surface area (Å²) in [5.41, 5.74) is 2.71. The first-order valence-corrected chi connectivity index (χ1v) is 12.5. The van der Waals surface area contributed by atoms with Gasteiger partial charge in [-0.2, -0.15) is 0 Å². The Hall–Kier alpha value is -2.87. The summed E-state index contributed by atoms with van der Waals surface area (Å²) in [6.07, 6.45) is 0.554. The highest BCUT2D eigenvalue weighted by molar-refractivity contribution is 7.92. The number of sulfone groups is 1. The van der Waals surface area contributed by atoms with Gasteiger partial charge in [0, 0.05) is 5.92 Å². The van der Waals surface area contributed by atoms with Gasteiger partial charge in [-0.25, -0.2) is 18.0 Å². The maximum atomic E-state index is 12.7. The van der Waals surface area contributed by atoms with E-state index in [0.29, 0.717) is 12.8 Å². The molecule has 2 aromatic rings. The van der Waals surface area contributed by atoms with Gasteiger partial charge in [0.05, 0.1) is 10.5 Å². The van der Waals surface area contributed by atoms with Crippen molar-refractivity contribution < 1.29 is 27.9 Å². The van der Waals surface area contributed by atoms with Crippen LogP contribution in [0.4, 0.5) is 4.79 Å². The molecule has 2 fully saturated rings. The van der Waals surface area contributed by atoms with Gasteiger partial charge in [0.2, 0.25) is 0 Å². The summed E-state index contributed by atoms with van der Waals surface area (Å²) in [5.74, 6) is -1.35. The second-order valence-electron chi connectivity index (χ2n) is 9.01. The van der Waals surface area contributed by atoms with Crippen LogP contribution in [0.1, 0.15) is 49.1 Å². The molecule has 2 aliphatic heterocycles. The van der Waals surface area contributed by atoms with Crippen molar-refractivity contribution in [1.29, 1.82) is 0 Å². The number of ether oxygens (including phenoxy) is 1. The second kappa shape index (κ2) is 7.62. The van der Waals surface area contributed by atoms with Crippen molar-refractivity contribution in [2.75, 3.05) is 6.61 Å². The Balaban J connectivity index is 1.33. The largest absolute Gasteiger partial charge is 0.480 e. The van der Waals surface area contributed by atoms with Gasteiger partial charge < -0.3 is 15.2 Å². The number of carbonyl (C=O) groups excluding carboxylic acids is 1. The van der Waals surface area contributed by atoms with Gasteiger partial charge in [-0.3, -0.25) is 0 Å². The molecule has 3 aliphatic rings. The molecule has 8 heteroatoms. The molecule has 168 valence electrons. The number of carboxylic acids is 1. The van der Waals surface area contributed by atoms with Crippen molar-refractivity contribution in [2.24, 2.45) is 0 Å². The summed E-state index contributed by atoms with van der Waals surface area (Å²) in [6, 6.07) is 15.9. The Morgan fingerprint density at radius 2 is 1.50 bits per heavy atom. The number of alkyl carbamates (subject to hydrolysis) is 1. The molecule has 2 unspecified atom stereocenters. The molecule has 2 saturated heterocycles. The lowest BCUT2D eigenvalue weighted by molar-refractivity contribution is -0.145. The average molecular weight is 456 g/mol. The molecule has 1 amide bonds. The van der Waals surface area contributed by atoms with Gasteiger partial charge in [0.1, 0.15) is 12.1 Å². The summed E-state index contributed by atoms with van der Waals surface area (Å²) < 4.78 is 30.7. The molecular formula is C24H25NO6S. The molecule has 32 heavy (non-hydrogen) atoms. The first-order valence-electron chi connectivity index (χ1n) is 10.9. The number of aliphatic carboxylic acids is 1. The fraction of sp³-hybridized carbons (Fsp3) is 0.417. The average Bonchev–Trinajstić information content (AvgIpc) is 3.07. The van der Waals surface area contributed by atoms with Crippen LogP contribution in [0.3, 0.4) is 0 Å². The highest BCUT2D eigenvalue weighted by Gasteiger charge is 2.55. The minimum Gasteiger partial charge on any atom is -0.480 e. The van der Waals surface area contributed by atoms with E-state index < -0.39 is 37.9 Å². The van der Waals surface area contributed by atoms with Gasteiger partial charge in [0.25, 0.3) is 0 Å². The predicted octanol–water partition coefficient (Wildman–Crippen LogP) is 3.48. The van der Waals surface area contributed by atoms with E-state index in [-0.39, 0.29) is 25.4 Å². The van der Waals surface area contributed by atoms with E-state index in [9.17, 15) is 23.1 Å². The van der Waals surface area contributed by atoms with Gasteiger partial charge in [-0.15, -0.1) is 0 Å². The van der Waals surface area contributed by atoms with Crippen molar-refractivity contribution in [1.82, 2.24) is 5.32 Å². The standard InChI is InChI=1S/C24H25NO6S/c26-22(27)24(12-15-6-5-7-16(13-24)32(15,29)30)25-23(28)31-14-21-19-10-3-1-8-17(19)18-9-2-4-11-20(18)21/h1-4,8-11,15-16,21H,5-7,12-14H2,(H,25,28)(H,26,27). The highest BCUT2D eigenvalue weighted by atomic mass is 32.2. The van der Waals surface area contributed by atoms with Crippen LogP contribution in [0.2, 0.25) is 0 Å². The second-order valence-corrected chi connectivity index (χ2v) is 11.5. The van der Waals surface area contributed by atoms with E-state index in [1.54, 1.807) is 0 Å². The molecule has 0 spiro atoms. The molecule has 2 atom stereocenters. The third kappa shape index (κ3) is 3.28. The van der Waals surface area contributed by atoms with Crippen molar-refractivity contribution in [3.05, 3.63) is 59.7 Å². The fourth-order valence-corrected chi connectivity index (χ4v) is 8.20. The smallest absolute Gasteiger partial charge is 0.408 e. The van der Waals surface area contributed by atoms with Crippen LogP contribution in [0.25, 0.3) is 11.1 Å². The van der Waals surface area contributed by atoms with Crippen LogP contribution in [0, 0.1) is 0 Å². The minimum atomic E-state index is -3.35. The maximum absolute atomic E-state index is 12.7. The van der Waals surface area contributed by atoms with Crippen molar-refractivity contribution in [2.45, 2.75) is 54.1 Å². The number of carbonyl (C=O) groups is 2. The summed E-state index contributed by atoms with van der Waals surface area (Å²) in [5, 5.41) is 11.0. The van der Waals surface area contributed by atoms with E-state index in [1.165, 1.54) is 0 Å². The van der Waals surface area contributed by atoms with Crippen LogP contribution in [0.5, 0.6) is 0 Å². The molecule has 2 N–H and O–H groups in total. The van der Waals surface area contributed by atoms with Gasteiger partial charge in [-0.05, 0) is 47.9 Å². The van der Waals surface area contributed by atoms with Crippen LogP contribution in [-0.4, -0.2) is 48.2 Å². The number of carboxylic acid groups (broad SMARTS) is 1. The first kappa shape index (κ1) is 21.0. The molecule has 0 saturated carbocycles. The Bertz CT molecular complexity index is 1120. The molecule has 2 heterocycles. The van der Waals surface area contributed by atoms with Gasteiger partial charge >= 0.3 is 12.1 Å². The first-order chi connectivity index (χ1) is 15.3. The zero-order chi connectivity index (χ0) is 22.5. The van der Waals surface area contributed by atoms with Crippen LogP contribution >= 0.6 is 0 Å². The van der Waals surface area contributed by atoms with E-state index in [2.05, 4.69) is 5.32 Å². The van der Waals surface area contributed by atoms with Gasteiger partial charge in [-0.1, -0.05) is 55.0 Å². The fourth-order valence-electron chi connectivity index (χ4n) is 5.63. The molecule has 0 radical (unpaired) electrons. The third-order valence-electron chi connectivity index (χ3n) is 7.23. The summed E-state index contributed by atoms with van der Waals surface area (Å²) in [6.45, 7) is 0.0702. The zero-order valence-corrected chi connectivity index (χ0v) is 18.3. The monoisotopic (exact) mass is 455 g/mol. The SMILES string of the molecule is O=C(NC1(C(=O)O)CC2CCCC(C1)S2(=O)=O)OCC1c2ccccc2-c2ccccc21. The number of hydrogen-bond acceptors (Lipinski definition) is 5. The number of fused-ring (bicyclic) bond motifs is 5. The minimum absolute atomic E-state index is 0.0702. The lowest BCUT2D eigenvalue weighted by atomic mass is 9.82. The predicted molar refractivity (Wildman–Crippen MR) is 118 cm³/mol. The Kier molecular flexibility index (Phi) is 5.00. The lowest BCUT2D eigenvalue weighted by Gasteiger charge is -2.44. The van der Waals surface area contributed by atoms with Crippen LogP contribution in [-0.2, 0) is 19.4 Å². The molecule has 0 aromatic heterocycles. The number of benzene rings is 2. The van der Waals surface area contributed by atoms with E-state index >= 15 is 0 Å².